The molecule has 9 nitrogen and oxygen atoms in total. The maximum Gasteiger partial charge on any atom is 0.322 e. The molecule has 134 valence electrons. The van der Waals surface area contributed by atoms with E-state index in [0.717, 1.165) is 4.31 Å². The van der Waals surface area contributed by atoms with Crippen molar-refractivity contribution in [2.24, 2.45) is 0 Å². The van der Waals surface area contributed by atoms with Gasteiger partial charge < -0.3 is 4.42 Å². The van der Waals surface area contributed by atoms with Crippen LogP contribution in [0, 0.1) is 0 Å². The van der Waals surface area contributed by atoms with Crippen LogP contribution in [0.4, 0.5) is 6.01 Å². The predicted octanol–water partition coefficient (Wildman–Crippen LogP) is 1.63. The molecule has 0 aliphatic heterocycles. The number of rotatable bonds is 5. The maximum absolute atomic E-state index is 12.2. The summed E-state index contributed by atoms with van der Waals surface area (Å²) in [7, 11) is -0.677. The Morgan fingerprint density at radius 3 is 2.31 bits per heavy atom. The van der Waals surface area contributed by atoms with Crippen LogP contribution in [0.1, 0.15) is 10.4 Å². The summed E-state index contributed by atoms with van der Waals surface area (Å²) < 4.78 is 30.5. The van der Waals surface area contributed by atoms with E-state index in [2.05, 4.69) is 20.5 Å². The lowest BCUT2D eigenvalue weighted by molar-refractivity contribution is 0.102. The van der Waals surface area contributed by atoms with Crippen molar-refractivity contribution in [3.63, 3.8) is 0 Å². The zero-order valence-corrected chi connectivity index (χ0v) is 14.8. The second-order valence-corrected chi connectivity index (χ2v) is 7.57. The third kappa shape index (κ3) is 3.60. The van der Waals surface area contributed by atoms with E-state index in [1.807, 2.05) is 0 Å². The number of hydrogen-bond acceptors (Lipinski definition) is 7. The normalized spacial score (nSPS) is 11.5. The van der Waals surface area contributed by atoms with Crippen molar-refractivity contribution in [1.29, 1.82) is 0 Å². The van der Waals surface area contributed by atoms with Crippen molar-refractivity contribution in [1.82, 2.24) is 19.5 Å². The Hall–Kier alpha value is -3.11. The molecule has 0 aliphatic carbocycles. The zero-order valence-electron chi connectivity index (χ0n) is 13.9. The third-order valence-electron chi connectivity index (χ3n) is 3.47. The van der Waals surface area contributed by atoms with E-state index in [1.165, 1.54) is 38.4 Å². The van der Waals surface area contributed by atoms with Crippen molar-refractivity contribution >= 4 is 21.9 Å². The first-order valence-corrected chi connectivity index (χ1v) is 8.90. The number of pyridine rings is 1. The lowest BCUT2D eigenvalue weighted by Gasteiger charge is -2.11. The molecule has 26 heavy (non-hydrogen) atoms. The van der Waals surface area contributed by atoms with E-state index in [1.54, 1.807) is 24.5 Å². The molecule has 3 rings (SSSR count). The minimum Gasteiger partial charge on any atom is -0.403 e. The molecule has 2 heterocycles. The minimum absolute atomic E-state index is 0.0631. The lowest BCUT2D eigenvalue weighted by atomic mass is 10.2. The standard InChI is InChI=1S/C16H15N5O4S/c1-21(2)26(23,24)13-5-3-11(4-6-13)14(22)18-16-20-19-15(25-16)12-7-9-17-10-8-12/h3-10H,1-2H3,(H,18,20,22). The first kappa shape index (κ1) is 17.7. The van der Waals surface area contributed by atoms with E-state index in [9.17, 15) is 13.2 Å². The second-order valence-electron chi connectivity index (χ2n) is 5.41. The molecular formula is C16H15N5O4S. The number of anilines is 1. The fraction of sp³-hybridized carbons (Fsp3) is 0.125. The van der Waals surface area contributed by atoms with Crippen LogP contribution in [0.2, 0.25) is 0 Å². The summed E-state index contributed by atoms with van der Waals surface area (Å²) in [5.41, 5.74) is 0.928. The van der Waals surface area contributed by atoms with Crippen LogP contribution >= 0.6 is 0 Å². The summed E-state index contributed by atoms with van der Waals surface area (Å²) in [6.45, 7) is 0. The van der Waals surface area contributed by atoms with Gasteiger partial charge in [0.15, 0.2) is 0 Å². The highest BCUT2D eigenvalue weighted by molar-refractivity contribution is 7.89. The van der Waals surface area contributed by atoms with Crippen LogP contribution in [0.5, 0.6) is 0 Å². The Kier molecular flexibility index (Phi) is 4.78. The second kappa shape index (κ2) is 7.02. The van der Waals surface area contributed by atoms with Crippen LogP contribution in [-0.2, 0) is 10.0 Å². The molecule has 2 aromatic heterocycles. The van der Waals surface area contributed by atoms with Gasteiger partial charge in [0.05, 0.1) is 4.90 Å². The number of nitrogens with zero attached hydrogens (tertiary/aromatic N) is 4. The Balaban J connectivity index is 1.74. The van der Waals surface area contributed by atoms with Crippen molar-refractivity contribution in [3.8, 4) is 11.5 Å². The van der Waals surface area contributed by atoms with E-state index in [0.29, 0.717) is 5.56 Å². The number of benzene rings is 1. The number of nitrogens with one attached hydrogen (secondary N) is 1. The Bertz CT molecular complexity index is 1010. The number of hydrogen-bond donors (Lipinski definition) is 1. The molecular weight excluding hydrogens is 358 g/mol. The summed E-state index contributed by atoms with van der Waals surface area (Å²) in [5, 5.41) is 10.1. The highest BCUT2D eigenvalue weighted by Gasteiger charge is 2.18. The fourth-order valence-corrected chi connectivity index (χ4v) is 2.94. The number of carbonyl (C=O) groups excluding carboxylic acids is 1. The molecule has 0 spiro atoms. The van der Waals surface area contributed by atoms with E-state index < -0.39 is 15.9 Å². The van der Waals surface area contributed by atoms with Gasteiger partial charge in [0.1, 0.15) is 0 Å². The zero-order chi connectivity index (χ0) is 18.7. The molecule has 3 aromatic rings. The average Bonchev–Trinajstić information content (AvgIpc) is 3.11. The van der Waals surface area contributed by atoms with E-state index >= 15 is 0 Å². The number of amides is 1. The molecule has 0 atom stereocenters. The summed E-state index contributed by atoms with van der Waals surface area (Å²) in [4.78, 5) is 16.2. The van der Waals surface area contributed by atoms with Gasteiger partial charge in [-0.15, -0.1) is 5.10 Å². The first-order chi connectivity index (χ1) is 12.4. The van der Waals surface area contributed by atoms with Crippen molar-refractivity contribution in [3.05, 3.63) is 54.4 Å². The van der Waals surface area contributed by atoms with Crippen LogP contribution in [0.15, 0.2) is 58.1 Å². The summed E-state index contributed by atoms with van der Waals surface area (Å²) in [6, 6.07) is 8.87. The lowest BCUT2D eigenvalue weighted by Crippen LogP contribution is -2.22. The Labute approximate surface area is 149 Å². The van der Waals surface area contributed by atoms with Gasteiger partial charge in [-0.05, 0) is 36.4 Å². The predicted molar refractivity (Wildman–Crippen MR) is 92.8 cm³/mol. The molecule has 0 saturated heterocycles. The quantitative estimate of drug-likeness (QED) is 0.722. The van der Waals surface area contributed by atoms with Gasteiger partial charge in [-0.2, -0.15) is 0 Å². The molecule has 0 unspecified atom stereocenters. The third-order valence-corrected chi connectivity index (χ3v) is 5.30. The molecule has 0 radical (unpaired) electrons. The van der Waals surface area contributed by atoms with Gasteiger partial charge in [0.25, 0.3) is 5.91 Å². The number of carbonyl (C=O) groups is 1. The molecule has 0 fully saturated rings. The van der Waals surface area contributed by atoms with Gasteiger partial charge in [0.2, 0.25) is 15.9 Å². The van der Waals surface area contributed by atoms with Crippen LogP contribution < -0.4 is 5.32 Å². The number of aromatic nitrogens is 3. The number of sulfonamides is 1. The van der Waals surface area contributed by atoms with Crippen molar-refractivity contribution < 1.29 is 17.6 Å². The largest absolute Gasteiger partial charge is 0.403 e. The highest BCUT2D eigenvalue weighted by Crippen LogP contribution is 2.19. The molecule has 0 bridgehead atoms. The Morgan fingerprint density at radius 1 is 1.04 bits per heavy atom. The van der Waals surface area contributed by atoms with Gasteiger partial charge in [-0.1, -0.05) is 5.10 Å². The highest BCUT2D eigenvalue weighted by atomic mass is 32.2. The fourth-order valence-electron chi connectivity index (χ4n) is 2.04. The molecule has 0 saturated carbocycles. The van der Waals surface area contributed by atoms with Gasteiger partial charge >= 0.3 is 6.01 Å². The van der Waals surface area contributed by atoms with E-state index in [4.69, 9.17) is 4.42 Å². The maximum atomic E-state index is 12.2. The summed E-state index contributed by atoms with van der Waals surface area (Å²) >= 11 is 0. The topological polar surface area (TPSA) is 118 Å². The van der Waals surface area contributed by atoms with Gasteiger partial charge in [0, 0.05) is 37.6 Å². The molecule has 10 heteroatoms. The Morgan fingerprint density at radius 2 is 1.69 bits per heavy atom. The van der Waals surface area contributed by atoms with Crippen molar-refractivity contribution in [2.75, 3.05) is 19.4 Å². The van der Waals surface area contributed by atoms with Crippen LogP contribution in [-0.4, -0.2) is 47.9 Å². The van der Waals surface area contributed by atoms with E-state index in [-0.39, 0.29) is 22.4 Å². The smallest absolute Gasteiger partial charge is 0.322 e. The SMILES string of the molecule is CN(C)S(=O)(=O)c1ccc(C(=O)Nc2nnc(-c3ccncc3)o2)cc1. The summed E-state index contributed by atoms with van der Waals surface area (Å²) in [6.07, 6.45) is 3.17. The van der Waals surface area contributed by atoms with Gasteiger partial charge in [-0.3, -0.25) is 15.1 Å². The molecule has 1 amide bonds. The first-order valence-electron chi connectivity index (χ1n) is 7.46. The summed E-state index contributed by atoms with van der Waals surface area (Å²) in [5.74, 6) is -0.251. The van der Waals surface area contributed by atoms with Crippen LogP contribution in [0.25, 0.3) is 11.5 Å². The molecule has 0 aliphatic rings. The van der Waals surface area contributed by atoms with Gasteiger partial charge in [-0.25, -0.2) is 12.7 Å². The van der Waals surface area contributed by atoms with Crippen molar-refractivity contribution in [2.45, 2.75) is 4.90 Å². The minimum atomic E-state index is -3.55. The monoisotopic (exact) mass is 373 g/mol. The average molecular weight is 373 g/mol. The molecule has 1 aromatic carbocycles. The van der Waals surface area contributed by atoms with Crippen LogP contribution in [0.3, 0.4) is 0 Å². The molecule has 1 N–H and O–H groups in total.